The van der Waals surface area contributed by atoms with Gasteiger partial charge in [-0.3, -0.25) is 4.79 Å². The van der Waals surface area contributed by atoms with E-state index in [4.69, 9.17) is 4.74 Å². The Hall–Kier alpha value is -1.31. The molecule has 0 amide bonds. The molecule has 1 aromatic rings. The lowest BCUT2D eigenvalue weighted by Gasteiger charge is -2.19. The van der Waals surface area contributed by atoms with Gasteiger partial charge >= 0.3 is 5.97 Å². The Kier molecular flexibility index (Phi) is 2.43. The third kappa shape index (κ3) is 1.73. The zero-order valence-corrected chi connectivity index (χ0v) is 9.26. The van der Waals surface area contributed by atoms with Crippen molar-refractivity contribution < 1.29 is 9.53 Å². The van der Waals surface area contributed by atoms with Gasteiger partial charge in [0.05, 0.1) is 5.92 Å². The fourth-order valence-electron chi connectivity index (χ4n) is 3.21. The highest BCUT2D eigenvalue weighted by molar-refractivity contribution is 5.76. The summed E-state index contributed by atoms with van der Waals surface area (Å²) in [5.74, 6) is 2.21. The number of benzene rings is 1. The molecule has 1 aromatic carbocycles. The molecule has 84 valence electrons. The Morgan fingerprint density at radius 3 is 2.56 bits per heavy atom. The van der Waals surface area contributed by atoms with Gasteiger partial charge in [-0.1, -0.05) is 24.6 Å². The van der Waals surface area contributed by atoms with Gasteiger partial charge in [0, 0.05) is 0 Å². The van der Waals surface area contributed by atoms with Crippen LogP contribution in [0.1, 0.15) is 25.7 Å². The molecule has 0 radical (unpaired) electrons. The molecule has 3 unspecified atom stereocenters. The molecule has 0 aromatic heterocycles. The molecule has 2 aliphatic rings. The van der Waals surface area contributed by atoms with Gasteiger partial charge in [0.15, 0.2) is 0 Å². The van der Waals surface area contributed by atoms with E-state index in [0.717, 1.165) is 12.3 Å². The maximum absolute atomic E-state index is 12.0. The first-order valence-electron chi connectivity index (χ1n) is 6.09. The number of carbonyl (C=O) groups is 1. The van der Waals surface area contributed by atoms with E-state index in [0.29, 0.717) is 11.7 Å². The summed E-state index contributed by atoms with van der Waals surface area (Å²) in [5, 5.41) is 0. The number of hydrogen-bond donors (Lipinski definition) is 0. The fraction of sp³-hybridized carbons (Fsp3) is 0.500. The van der Waals surface area contributed by atoms with Crippen molar-refractivity contribution in [3.8, 4) is 5.75 Å². The first-order valence-corrected chi connectivity index (χ1v) is 6.09. The summed E-state index contributed by atoms with van der Waals surface area (Å²) in [6, 6.07) is 9.39. The molecular formula is C14H16O2. The number of ether oxygens (including phenoxy) is 1. The van der Waals surface area contributed by atoms with E-state index in [2.05, 4.69) is 0 Å². The van der Waals surface area contributed by atoms with Crippen LogP contribution in [0, 0.1) is 17.8 Å². The first-order chi connectivity index (χ1) is 7.83. The molecule has 0 spiro atoms. The zero-order chi connectivity index (χ0) is 11.0. The van der Waals surface area contributed by atoms with Crippen molar-refractivity contribution in [3.05, 3.63) is 30.3 Å². The van der Waals surface area contributed by atoms with Crippen LogP contribution >= 0.6 is 0 Å². The molecule has 2 nitrogen and oxygen atoms in total. The minimum atomic E-state index is -0.0154. The van der Waals surface area contributed by atoms with Crippen LogP contribution in [0.3, 0.4) is 0 Å². The molecule has 0 heterocycles. The van der Waals surface area contributed by atoms with Crippen molar-refractivity contribution in [2.75, 3.05) is 0 Å². The average Bonchev–Trinajstić information content (AvgIpc) is 2.92. The zero-order valence-electron chi connectivity index (χ0n) is 9.26. The third-order valence-corrected chi connectivity index (χ3v) is 4.00. The van der Waals surface area contributed by atoms with Crippen molar-refractivity contribution >= 4 is 5.97 Å². The largest absolute Gasteiger partial charge is 0.426 e. The van der Waals surface area contributed by atoms with E-state index in [1.165, 1.54) is 19.3 Å². The molecule has 2 bridgehead atoms. The molecule has 2 saturated carbocycles. The molecule has 2 heteroatoms. The highest BCUT2D eigenvalue weighted by Gasteiger charge is 2.43. The third-order valence-electron chi connectivity index (χ3n) is 4.00. The summed E-state index contributed by atoms with van der Waals surface area (Å²) < 4.78 is 5.41. The molecule has 2 aliphatic carbocycles. The highest BCUT2D eigenvalue weighted by Crippen LogP contribution is 2.48. The van der Waals surface area contributed by atoms with Crippen molar-refractivity contribution in [3.63, 3.8) is 0 Å². The molecular weight excluding hydrogens is 200 g/mol. The van der Waals surface area contributed by atoms with Gasteiger partial charge in [0.2, 0.25) is 0 Å². The van der Waals surface area contributed by atoms with Crippen LogP contribution < -0.4 is 4.74 Å². The number of esters is 1. The van der Waals surface area contributed by atoms with Gasteiger partial charge in [0.25, 0.3) is 0 Å². The van der Waals surface area contributed by atoms with Crippen molar-refractivity contribution in [1.82, 2.24) is 0 Å². The molecule has 0 saturated heterocycles. The molecule has 3 rings (SSSR count). The fourth-order valence-corrected chi connectivity index (χ4v) is 3.21. The van der Waals surface area contributed by atoms with Crippen LogP contribution in [-0.2, 0) is 4.79 Å². The van der Waals surface area contributed by atoms with Crippen molar-refractivity contribution in [2.45, 2.75) is 25.7 Å². The number of carbonyl (C=O) groups excluding carboxylic acids is 1. The monoisotopic (exact) mass is 216 g/mol. The maximum Gasteiger partial charge on any atom is 0.314 e. The van der Waals surface area contributed by atoms with E-state index < -0.39 is 0 Å². The summed E-state index contributed by atoms with van der Waals surface area (Å²) in [5.41, 5.74) is 0. The molecule has 0 N–H and O–H groups in total. The van der Waals surface area contributed by atoms with E-state index in [-0.39, 0.29) is 11.9 Å². The Balaban J connectivity index is 1.66. The van der Waals surface area contributed by atoms with Crippen LogP contribution in [0.2, 0.25) is 0 Å². The Labute approximate surface area is 95.6 Å². The Morgan fingerprint density at radius 2 is 1.94 bits per heavy atom. The second kappa shape index (κ2) is 3.93. The van der Waals surface area contributed by atoms with Gasteiger partial charge in [0.1, 0.15) is 5.75 Å². The Bertz CT molecular complexity index is 385. The lowest BCUT2D eigenvalue weighted by Crippen LogP contribution is -2.25. The van der Waals surface area contributed by atoms with Crippen molar-refractivity contribution in [2.24, 2.45) is 17.8 Å². The van der Waals surface area contributed by atoms with Gasteiger partial charge in [-0.2, -0.15) is 0 Å². The van der Waals surface area contributed by atoms with E-state index in [1.807, 2.05) is 30.3 Å². The molecule has 2 fully saturated rings. The lowest BCUT2D eigenvalue weighted by molar-refractivity contribution is -0.140. The summed E-state index contributed by atoms with van der Waals surface area (Å²) >= 11 is 0. The smallest absolute Gasteiger partial charge is 0.314 e. The highest BCUT2D eigenvalue weighted by atomic mass is 16.5. The molecule has 3 atom stereocenters. The summed E-state index contributed by atoms with van der Waals surface area (Å²) in [6.45, 7) is 0. The molecule has 16 heavy (non-hydrogen) atoms. The summed E-state index contributed by atoms with van der Waals surface area (Å²) in [6.07, 6.45) is 4.84. The number of fused-ring (bicyclic) bond motifs is 2. The Morgan fingerprint density at radius 1 is 1.12 bits per heavy atom. The summed E-state index contributed by atoms with van der Waals surface area (Å²) in [4.78, 5) is 12.0. The van der Waals surface area contributed by atoms with E-state index in [1.54, 1.807) is 0 Å². The van der Waals surface area contributed by atoms with Crippen molar-refractivity contribution in [1.29, 1.82) is 0 Å². The number of rotatable bonds is 2. The minimum absolute atomic E-state index is 0.0154. The molecule has 0 aliphatic heterocycles. The average molecular weight is 216 g/mol. The number of para-hydroxylation sites is 1. The SMILES string of the molecule is O=C(Oc1ccccc1)C1CC2CCC1C2. The lowest BCUT2D eigenvalue weighted by atomic mass is 9.89. The first kappa shape index (κ1) is 9.88. The number of hydrogen-bond acceptors (Lipinski definition) is 2. The second-order valence-electron chi connectivity index (χ2n) is 5.02. The van der Waals surface area contributed by atoms with E-state index in [9.17, 15) is 4.79 Å². The standard InChI is InChI=1S/C14H16O2/c15-14(16-12-4-2-1-3-5-12)13-9-10-6-7-11(13)8-10/h1-5,10-11,13H,6-9H2. The summed E-state index contributed by atoms with van der Waals surface area (Å²) in [7, 11) is 0. The minimum Gasteiger partial charge on any atom is -0.426 e. The van der Waals surface area contributed by atoms with Gasteiger partial charge in [-0.25, -0.2) is 0 Å². The second-order valence-corrected chi connectivity index (χ2v) is 5.02. The van der Waals surface area contributed by atoms with E-state index >= 15 is 0 Å². The van der Waals surface area contributed by atoms with Gasteiger partial charge < -0.3 is 4.74 Å². The normalized spacial score (nSPS) is 31.6. The predicted octanol–water partition coefficient (Wildman–Crippen LogP) is 3.03. The van der Waals surface area contributed by atoms with Crippen LogP contribution in [0.15, 0.2) is 30.3 Å². The quantitative estimate of drug-likeness (QED) is 0.561. The van der Waals surface area contributed by atoms with Gasteiger partial charge in [-0.05, 0) is 43.2 Å². The van der Waals surface area contributed by atoms with Crippen LogP contribution in [0.5, 0.6) is 5.75 Å². The topological polar surface area (TPSA) is 26.3 Å². The maximum atomic E-state index is 12.0. The van der Waals surface area contributed by atoms with Crippen LogP contribution in [0.4, 0.5) is 0 Å². The van der Waals surface area contributed by atoms with Crippen LogP contribution in [-0.4, -0.2) is 5.97 Å². The van der Waals surface area contributed by atoms with Crippen LogP contribution in [0.25, 0.3) is 0 Å². The predicted molar refractivity (Wildman–Crippen MR) is 61.0 cm³/mol. The van der Waals surface area contributed by atoms with Gasteiger partial charge in [-0.15, -0.1) is 0 Å².